The fraction of sp³-hybridized carbons (Fsp3) is 0.700. The van der Waals surface area contributed by atoms with E-state index in [4.69, 9.17) is 10.5 Å². The zero-order valence-electron chi connectivity index (χ0n) is 15.5. The summed E-state index contributed by atoms with van der Waals surface area (Å²) in [7, 11) is 0. The fourth-order valence-electron chi connectivity index (χ4n) is 3.28. The van der Waals surface area contributed by atoms with Gasteiger partial charge in [-0.3, -0.25) is 0 Å². The Morgan fingerprint density at radius 2 is 1.88 bits per heavy atom. The smallest absolute Gasteiger partial charge is 0.122 e. The van der Waals surface area contributed by atoms with Crippen molar-refractivity contribution in [2.45, 2.75) is 51.0 Å². The van der Waals surface area contributed by atoms with Crippen LogP contribution in [-0.2, 0) is 6.42 Å². The second-order valence-electron chi connectivity index (χ2n) is 7.38. The SMILES string of the molecule is Cc1cc(CCC(N)(CO)CO)ccc1OCCCN1CCCCC1. The van der Waals surface area contributed by atoms with Crippen molar-refractivity contribution in [1.29, 1.82) is 0 Å². The minimum Gasteiger partial charge on any atom is -0.493 e. The predicted molar refractivity (Wildman–Crippen MR) is 101 cm³/mol. The molecule has 5 nitrogen and oxygen atoms in total. The Bertz CT molecular complexity index is 512. The number of aryl methyl sites for hydroxylation is 2. The largest absolute Gasteiger partial charge is 0.493 e. The van der Waals surface area contributed by atoms with Crippen LogP contribution in [0.3, 0.4) is 0 Å². The van der Waals surface area contributed by atoms with E-state index >= 15 is 0 Å². The topological polar surface area (TPSA) is 79.0 Å². The molecule has 25 heavy (non-hydrogen) atoms. The van der Waals surface area contributed by atoms with Gasteiger partial charge in [0.1, 0.15) is 5.75 Å². The standard InChI is InChI=1S/C20H34N2O3/c1-17-14-18(8-9-20(21,15-23)16-24)6-7-19(17)25-13-5-12-22-10-3-2-4-11-22/h6-7,14,23-24H,2-5,8-13,15-16,21H2,1H3. The van der Waals surface area contributed by atoms with Gasteiger partial charge in [-0.2, -0.15) is 0 Å². The summed E-state index contributed by atoms with van der Waals surface area (Å²) < 4.78 is 5.94. The maximum Gasteiger partial charge on any atom is 0.122 e. The lowest BCUT2D eigenvalue weighted by atomic mass is 9.93. The number of nitrogens with zero attached hydrogens (tertiary/aromatic N) is 1. The van der Waals surface area contributed by atoms with Crippen molar-refractivity contribution < 1.29 is 14.9 Å². The Hall–Kier alpha value is -1.14. The summed E-state index contributed by atoms with van der Waals surface area (Å²) >= 11 is 0. The molecule has 1 aromatic rings. The molecule has 0 spiro atoms. The van der Waals surface area contributed by atoms with E-state index in [1.54, 1.807) is 0 Å². The number of hydrogen-bond acceptors (Lipinski definition) is 5. The highest BCUT2D eigenvalue weighted by Crippen LogP contribution is 2.21. The molecule has 0 atom stereocenters. The molecule has 1 aliphatic rings. The van der Waals surface area contributed by atoms with Crippen LogP contribution < -0.4 is 10.5 Å². The van der Waals surface area contributed by atoms with Crippen LogP contribution in [-0.4, -0.2) is 60.1 Å². The molecule has 0 aliphatic carbocycles. The Labute approximate surface area is 151 Å². The Balaban J connectivity index is 1.75. The lowest BCUT2D eigenvalue weighted by molar-refractivity contribution is 0.115. The number of likely N-dealkylation sites (tertiary alicyclic amines) is 1. The Morgan fingerprint density at radius 3 is 2.52 bits per heavy atom. The van der Waals surface area contributed by atoms with E-state index in [1.807, 2.05) is 12.1 Å². The van der Waals surface area contributed by atoms with E-state index in [0.717, 1.165) is 42.9 Å². The van der Waals surface area contributed by atoms with Gasteiger partial charge >= 0.3 is 0 Å². The third-order valence-electron chi connectivity index (χ3n) is 5.11. The molecule has 5 heteroatoms. The molecule has 0 amide bonds. The number of benzene rings is 1. The second kappa shape index (κ2) is 10.1. The molecule has 0 aromatic heterocycles. The van der Waals surface area contributed by atoms with E-state index < -0.39 is 5.54 Å². The third kappa shape index (κ3) is 6.59. The quantitative estimate of drug-likeness (QED) is 0.562. The number of aliphatic hydroxyl groups excluding tert-OH is 2. The minimum absolute atomic E-state index is 0.208. The third-order valence-corrected chi connectivity index (χ3v) is 5.11. The van der Waals surface area contributed by atoms with E-state index in [2.05, 4.69) is 17.9 Å². The maximum atomic E-state index is 9.27. The lowest BCUT2D eigenvalue weighted by Crippen LogP contribution is -2.47. The van der Waals surface area contributed by atoms with Gasteiger partial charge in [0.15, 0.2) is 0 Å². The fourth-order valence-corrected chi connectivity index (χ4v) is 3.28. The van der Waals surface area contributed by atoms with Gasteiger partial charge in [0.05, 0.1) is 25.4 Å². The summed E-state index contributed by atoms with van der Waals surface area (Å²) in [6.45, 7) is 5.98. The van der Waals surface area contributed by atoms with Crippen LogP contribution in [0.5, 0.6) is 5.75 Å². The van der Waals surface area contributed by atoms with Gasteiger partial charge in [0.2, 0.25) is 0 Å². The number of piperidine rings is 1. The first-order chi connectivity index (χ1) is 12.1. The summed E-state index contributed by atoms with van der Waals surface area (Å²) in [5, 5.41) is 18.5. The number of hydrogen-bond donors (Lipinski definition) is 3. The van der Waals surface area contributed by atoms with Gasteiger partial charge in [-0.05, 0) is 69.3 Å². The molecule has 1 aromatic carbocycles. The zero-order chi connectivity index (χ0) is 18.1. The summed E-state index contributed by atoms with van der Waals surface area (Å²) in [5.41, 5.74) is 7.29. The first kappa shape index (κ1) is 20.2. The van der Waals surface area contributed by atoms with E-state index in [1.165, 1.54) is 32.4 Å². The highest BCUT2D eigenvalue weighted by Gasteiger charge is 2.22. The van der Waals surface area contributed by atoms with E-state index in [-0.39, 0.29) is 13.2 Å². The highest BCUT2D eigenvalue weighted by molar-refractivity contribution is 5.36. The van der Waals surface area contributed by atoms with E-state index in [0.29, 0.717) is 6.42 Å². The predicted octanol–water partition coefficient (Wildman–Crippen LogP) is 1.86. The molecule has 0 unspecified atom stereocenters. The van der Waals surface area contributed by atoms with Gasteiger partial charge in [-0.25, -0.2) is 0 Å². The Morgan fingerprint density at radius 1 is 1.16 bits per heavy atom. The second-order valence-corrected chi connectivity index (χ2v) is 7.38. The highest BCUT2D eigenvalue weighted by atomic mass is 16.5. The molecule has 1 fully saturated rings. The molecule has 2 rings (SSSR count). The van der Waals surface area contributed by atoms with Crippen LogP contribution in [0.25, 0.3) is 0 Å². The molecule has 0 saturated carbocycles. The summed E-state index contributed by atoms with van der Waals surface area (Å²) in [5.74, 6) is 0.936. The summed E-state index contributed by atoms with van der Waals surface area (Å²) in [4.78, 5) is 2.53. The zero-order valence-corrected chi connectivity index (χ0v) is 15.5. The van der Waals surface area contributed by atoms with Crippen molar-refractivity contribution in [2.75, 3.05) is 39.5 Å². The lowest BCUT2D eigenvalue weighted by Gasteiger charge is -2.26. The molecule has 0 bridgehead atoms. The normalized spacial score (nSPS) is 16.2. The van der Waals surface area contributed by atoms with Crippen molar-refractivity contribution in [2.24, 2.45) is 5.73 Å². The van der Waals surface area contributed by atoms with Crippen LogP contribution in [0.1, 0.15) is 43.2 Å². The average Bonchev–Trinajstić information content (AvgIpc) is 2.65. The Kier molecular flexibility index (Phi) is 8.16. The maximum absolute atomic E-state index is 9.27. The number of nitrogens with two attached hydrogens (primary N) is 1. The minimum atomic E-state index is -0.905. The first-order valence-corrected chi connectivity index (χ1v) is 9.51. The van der Waals surface area contributed by atoms with Gasteiger partial charge in [0, 0.05) is 6.54 Å². The van der Waals surface area contributed by atoms with Crippen LogP contribution in [0.15, 0.2) is 18.2 Å². The average molecular weight is 351 g/mol. The number of ether oxygens (including phenoxy) is 1. The van der Waals surface area contributed by atoms with Crippen LogP contribution in [0.2, 0.25) is 0 Å². The van der Waals surface area contributed by atoms with Gasteiger partial charge in [-0.1, -0.05) is 18.6 Å². The molecule has 4 N–H and O–H groups in total. The van der Waals surface area contributed by atoms with Crippen LogP contribution in [0, 0.1) is 6.92 Å². The molecule has 1 heterocycles. The molecular weight excluding hydrogens is 316 g/mol. The van der Waals surface area contributed by atoms with Crippen molar-refractivity contribution in [3.63, 3.8) is 0 Å². The van der Waals surface area contributed by atoms with Crippen LogP contribution in [0.4, 0.5) is 0 Å². The first-order valence-electron chi connectivity index (χ1n) is 9.51. The monoisotopic (exact) mass is 350 g/mol. The number of rotatable bonds is 10. The van der Waals surface area contributed by atoms with Crippen molar-refractivity contribution in [1.82, 2.24) is 4.90 Å². The molecular formula is C20H34N2O3. The summed E-state index contributed by atoms with van der Waals surface area (Å²) in [6.07, 6.45) is 6.38. The van der Waals surface area contributed by atoms with Crippen LogP contribution >= 0.6 is 0 Å². The van der Waals surface area contributed by atoms with Crippen molar-refractivity contribution >= 4 is 0 Å². The van der Waals surface area contributed by atoms with Crippen molar-refractivity contribution in [3.05, 3.63) is 29.3 Å². The summed E-state index contributed by atoms with van der Waals surface area (Å²) in [6, 6.07) is 6.17. The van der Waals surface area contributed by atoms with Gasteiger partial charge < -0.3 is 25.6 Å². The molecule has 1 saturated heterocycles. The molecule has 142 valence electrons. The number of aliphatic hydroxyl groups is 2. The molecule has 1 aliphatic heterocycles. The van der Waals surface area contributed by atoms with Gasteiger partial charge in [0.25, 0.3) is 0 Å². The van der Waals surface area contributed by atoms with E-state index in [9.17, 15) is 10.2 Å². The molecule has 0 radical (unpaired) electrons. The van der Waals surface area contributed by atoms with Crippen molar-refractivity contribution in [3.8, 4) is 5.75 Å². The van der Waals surface area contributed by atoms with Gasteiger partial charge in [-0.15, -0.1) is 0 Å².